The van der Waals surface area contributed by atoms with Gasteiger partial charge in [-0.1, -0.05) is 28.2 Å². The third-order valence-corrected chi connectivity index (χ3v) is 1.26. The minimum atomic E-state index is 0. The monoisotopic (exact) mass is 182 g/mol. The molecule has 1 heterocycles. The number of hydrogen-bond donors (Lipinski definition) is 1. The average molecular weight is 182 g/mol. The zero-order valence-corrected chi connectivity index (χ0v) is 8.17. The fraction of sp³-hybridized carbons (Fsp3) is 0.545. The third kappa shape index (κ3) is 7.32. The van der Waals surface area contributed by atoms with Gasteiger partial charge in [-0.3, -0.25) is 4.98 Å². The molecule has 13 heavy (non-hydrogen) atoms. The fourth-order valence-electron chi connectivity index (χ4n) is 0.739. The number of rotatable bonds is 3. The van der Waals surface area contributed by atoms with Gasteiger partial charge in [-0.05, 0) is 18.6 Å². The van der Waals surface area contributed by atoms with Crippen molar-refractivity contribution < 1.29 is 0 Å². The summed E-state index contributed by atoms with van der Waals surface area (Å²) in [6.07, 6.45) is 4.73. The highest BCUT2D eigenvalue weighted by Crippen LogP contribution is 2.01. The third-order valence-electron chi connectivity index (χ3n) is 1.26. The lowest BCUT2D eigenvalue weighted by Crippen LogP contribution is -1.98. The van der Waals surface area contributed by atoms with Crippen molar-refractivity contribution in [1.82, 2.24) is 4.98 Å². The van der Waals surface area contributed by atoms with Crippen LogP contribution in [0.3, 0.4) is 0 Å². The van der Waals surface area contributed by atoms with Crippen molar-refractivity contribution >= 4 is 5.69 Å². The molecule has 2 heteroatoms. The first-order valence-corrected chi connectivity index (χ1v) is 4.57. The summed E-state index contributed by atoms with van der Waals surface area (Å²) in [6.45, 7) is 7.18. The van der Waals surface area contributed by atoms with Crippen LogP contribution in [0.1, 0.15) is 34.6 Å². The van der Waals surface area contributed by atoms with Crippen molar-refractivity contribution in [3.63, 3.8) is 0 Å². The van der Waals surface area contributed by atoms with Gasteiger partial charge in [0.05, 0.1) is 0 Å². The zero-order valence-electron chi connectivity index (χ0n) is 8.17. The predicted molar refractivity (Wildman–Crippen MR) is 61.1 cm³/mol. The molecule has 0 radical (unpaired) electrons. The predicted octanol–water partition coefficient (Wildman–Crippen LogP) is 3.57. The standard InChI is InChI=1S/C8H12N2.C2H6.CH4/c1-2-5-10-8-3-6-9-7-4-8;1-2;/h3-4,6-7H,2,5H2,1H3,(H,9,10);1-2H3;1H4. The number of pyridine rings is 1. The first-order valence-electron chi connectivity index (χ1n) is 4.57. The lowest BCUT2D eigenvalue weighted by Gasteiger charge is -2.01. The highest BCUT2D eigenvalue weighted by molar-refractivity contribution is 5.40. The van der Waals surface area contributed by atoms with Crippen molar-refractivity contribution in [2.45, 2.75) is 34.6 Å². The van der Waals surface area contributed by atoms with Crippen LogP contribution in [0.25, 0.3) is 0 Å². The first-order chi connectivity index (χ1) is 5.93. The molecule has 0 amide bonds. The average Bonchev–Trinajstić information content (AvgIpc) is 2.19. The maximum Gasteiger partial charge on any atom is 0.0371 e. The SMILES string of the molecule is C.CC.CCCNc1ccncc1. The molecule has 0 bridgehead atoms. The Kier molecular flexibility index (Phi) is 12.2. The fourth-order valence-corrected chi connectivity index (χ4v) is 0.739. The number of nitrogens with zero attached hydrogens (tertiary/aromatic N) is 1. The highest BCUT2D eigenvalue weighted by Gasteiger charge is 1.84. The Bertz CT molecular complexity index is 173. The van der Waals surface area contributed by atoms with E-state index in [1.165, 1.54) is 0 Å². The van der Waals surface area contributed by atoms with E-state index in [-0.39, 0.29) is 7.43 Å². The van der Waals surface area contributed by atoms with Gasteiger partial charge >= 0.3 is 0 Å². The van der Waals surface area contributed by atoms with Gasteiger partial charge in [0.1, 0.15) is 0 Å². The van der Waals surface area contributed by atoms with Gasteiger partial charge in [0.2, 0.25) is 0 Å². The molecule has 0 aliphatic carbocycles. The van der Waals surface area contributed by atoms with Gasteiger partial charge in [-0.15, -0.1) is 0 Å². The Hall–Kier alpha value is -1.05. The van der Waals surface area contributed by atoms with E-state index < -0.39 is 0 Å². The molecule has 0 unspecified atom stereocenters. The summed E-state index contributed by atoms with van der Waals surface area (Å²) in [5.74, 6) is 0. The van der Waals surface area contributed by atoms with Crippen LogP contribution >= 0.6 is 0 Å². The number of nitrogens with one attached hydrogen (secondary N) is 1. The molecule has 1 aromatic heterocycles. The summed E-state index contributed by atoms with van der Waals surface area (Å²) in [6, 6.07) is 3.94. The van der Waals surface area contributed by atoms with Gasteiger partial charge in [-0.2, -0.15) is 0 Å². The Morgan fingerprint density at radius 3 is 2.23 bits per heavy atom. The summed E-state index contributed by atoms with van der Waals surface area (Å²) < 4.78 is 0. The molecular weight excluding hydrogens is 160 g/mol. The van der Waals surface area contributed by atoms with Gasteiger partial charge in [0, 0.05) is 24.6 Å². The lowest BCUT2D eigenvalue weighted by atomic mass is 10.4. The Balaban J connectivity index is 0. The van der Waals surface area contributed by atoms with Crippen molar-refractivity contribution in [3.05, 3.63) is 24.5 Å². The maximum atomic E-state index is 3.91. The molecule has 76 valence electrons. The summed E-state index contributed by atoms with van der Waals surface area (Å²) in [4.78, 5) is 3.91. The van der Waals surface area contributed by atoms with Crippen LogP contribution in [0.15, 0.2) is 24.5 Å². The second kappa shape index (κ2) is 11.0. The van der Waals surface area contributed by atoms with E-state index in [9.17, 15) is 0 Å². The van der Waals surface area contributed by atoms with Crippen LogP contribution in [0.2, 0.25) is 0 Å². The Morgan fingerprint density at radius 2 is 1.77 bits per heavy atom. The topological polar surface area (TPSA) is 24.9 Å². The number of aromatic nitrogens is 1. The molecule has 1 aromatic rings. The van der Waals surface area contributed by atoms with Crippen LogP contribution in [0, 0.1) is 0 Å². The molecule has 1 rings (SSSR count). The summed E-state index contributed by atoms with van der Waals surface area (Å²) >= 11 is 0. The summed E-state index contributed by atoms with van der Waals surface area (Å²) in [5, 5.41) is 3.25. The molecule has 2 nitrogen and oxygen atoms in total. The summed E-state index contributed by atoms with van der Waals surface area (Å²) in [5.41, 5.74) is 1.15. The Labute approximate surface area is 82.4 Å². The normalized spacial score (nSPS) is 7.62. The molecular formula is C11H22N2. The molecule has 0 aromatic carbocycles. The number of hydrogen-bond acceptors (Lipinski definition) is 2. The number of anilines is 1. The van der Waals surface area contributed by atoms with Gasteiger partial charge in [0.15, 0.2) is 0 Å². The van der Waals surface area contributed by atoms with Crippen LogP contribution < -0.4 is 5.32 Å². The second-order valence-electron chi connectivity index (χ2n) is 2.16. The van der Waals surface area contributed by atoms with Crippen molar-refractivity contribution in [2.24, 2.45) is 0 Å². The molecule has 0 saturated carbocycles. The van der Waals surface area contributed by atoms with Crippen LogP contribution in [-0.4, -0.2) is 11.5 Å². The highest BCUT2D eigenvalue weighted by atomic mass is 14.9. The van der Waals surface area contributed by atoms with Crippen LogP contribution in [0.5, 0.6) is 0 Å². The van der Waals surface area contributed by atoms with E-state index in [0.29, 0.717) is 0 Å². The van der Waals surface area contributed by atoms with E-state index in [4.69, 9.17) is 0 Å². The van der Waals surface area contributed by atoms with Gasteiger partial charge in [0.25, 0.3) is 0 Å². The minimum absolute atomic E-state index is 0. The van der Waals surface area contributed by atoms with E-state index >= 15 is 0 Å². The molecule has 0 atom stereocenters. The smallest absolute Gasteiger partial charge is 0.0371 e. The molecule has 0 fully saturated rings. The summed E-state index contributed by atoms with van der Waals surface area (Å²) in [7, 11) is 0. The second-order valence-corrected chi connectivity index (χ2v) is 2.16. The van der Waals surface area contributed by atoms with Crippen LogP contribution in [0.4, 0.5) is 5.69 Å². The van der Waals surface area contributed by atoms with E-state index in [1.54, 1.807) is 12.4 Å². The van der Waals surface area contributed by atoms with Crippen LogP contribution in [-0.2, 0) is 0 Å². The van der Waals surface area contributed by atoms with E-state index in [2.05, 4.69) is 17.2 Å². The van der Waals surface area contributed by atoms with Crippen molar-refractivity contribution in [2.75, 3.05) is 11.9 Å². The molecule has 0 spiro atoms. The Morgan fingerprint density at radius 1 is 1.23 bits per heavy atom. The largest absolute Gasteiger partial charge is 0.385 e. The van der Waals surface area contributed by atoms with Gasteiger partial charge in [-0.25, -0.2) is 0 Å². The molecule has 1 N–H and O–H groups in total. The maximum absolute atomic E-state index is 3.91. The molecule has 0 saturated heterocycles. The lowest BCUT2D eigenvalue weighted by molar-refractivity contribution is 0.979. The quantitative estimate of drug-likeness (QED) is 0.773. The molecule has 0 aliphatic rings. The van der Waals surface area contributed by atoms with E-state index in [1.807, 2.05) is 26.0 Å². The first kappa shape index (κ1) is 14.5. The van der Waals surface area contributed by atoms with Crippen molar-refractivity contribution in [1.29, 1.82) is 0 Å². The zero-order chi connectivity index (χ0) is 9.23. The van der Waals surface area contributed by atoms with E-state index in [0.717, 1.165) is 18.7 Å². The van der Waals surface area contributed by atoms with Gasteiger partial charge < -0.3 is 5.32 Å². The minimum Gasteiger partial charge on any atom is -0.385 e. The molecule has 0 aliphatic heterocycles. The van der Waals surface area contributed by atoms with Crippen molar-refractivity contribution in [3.8, 4) is 0 Å².